The number of carbonyl (C=O) groups excluding carboxylic acids is 3. The maximum Gasteiger partial charge on any atom is 0.329 e. The van der Waals surface area contributed by atoms with Crippen molar-refractivity contribution in [2.45, 2.75) is 0 Å². The zero-order chi connectivity index (χ0) is 26.9. The maximum atomic E-state index is 13.6. The fourth-order valence-corrected chi connectivity index (χ4v) is 3.97. The van der Waals surface area contributed by atoms with Crippen LogP contribution in [0.1, 0.15) is 5.56 Å². The number of benzene rings is 3. The van der Waals surface area contributed by atoms with Gasteiger partial charge in [-0.1, -0.05) is 35.3 Å². The van der Waals surface area contributed by atoms with Crippen LogP contribution < -0.4 is 25.5 Å². The highest BCUT2D eigenvalue weighted by atomic mass is 79.9. The summed E-state index contributed by atoms with van der Waals surface area (Å²) in [6.45, 7) is -0.348. The third-order valence-electron chi connectivity index (χ3n) is 4.45. The van der Waals surface area contributed by atoms with Crippen LogP contribution in [0, 0.1) is 5.82 Å². The molecule has 0 spiro atoms. The van der Waals surface area contributed by atoms with Gasteiger partial charge in [0.25, 0.3) is 5.91 Å². The molecule has 0 aliphatic heterocycles. The number of carbonyl (C=O) groups is 3. The number of hydrogen-bond acceptors (Lipinski definition) is 6. The number of para-hydroxylation sites is 1. The summed E-state index contributed by atoms with van der Waals surface area (Å²) in [6.07, 6.45) is 1.25. The average molecular weight is 612 g/mol. The van der Waals surface area contributed by atoms with E-state index in [0.29, 0.717) is 25.8 Å². The van der Waals surface area contributed by atoms with Gasteiger partial charge in [-0.2, -0.15) is 5.10 Å². The summed E-state index contributed by atoms with van der Waals surface area (Å²) in [6, 6.07) is 13.1. The fraction of sp³-hybridized carbons (Fsp3) is 0.0833. The Morgan fingerprint density at radius 1 is 1.03 bits per heavy atom. The molecule has 9 nitrogen and oxygen atoms in total. The van der Waals surface area contributed by atoms with Crippen LogP contribution in [0.4, 0.5) is 15.8 Å². The number of nitrogens with one attached hydrogen (secondary N) is 3. The molecule has 0 heterocycles. The Bertz CT molecular complexity index is 1350. The van der Waals surface area contributed by atoms with Gasteiger partial charge in [-0.3, -0.25) is 14.4 Å². The van der Waals surface area contributed by atoms with Gasteiger partial charge in [0.2, 0.25) is 0 Å². The van der Waals surface area contributed by atoms with Crippen molar-refractivity contribution in [3.8, 4) is 11.5 Å². The van der Waals surface area contributed by atoms with Crippen LogP contribution in [0.3, 0.4) is 0 Å². The molecule has 0 atom stereocenters. The molecule has 0 radical (unpaired) electrons. The van der Waals surface area contributed by atoms with Crippen LogP contribution in [-0.2, 0) is 14.4 Å². The molecular formula is C24H18BrCl2FN4O5. The molecule has 13 heteroatoms. The minimum atomic E-state index is -1.10. The monoisotopic (exact) mass is 610 g/mol. The van der Waals surface area contributed by atoms with Crippen LogP contribution in [0.25, 0.3) is 0 Å². The number of rotatable bonds is 8. The Hall–Kier alpha value is -3.67. The summed E-state index contributed by atoms with van der Waals surface area (Å²) < 4.78 is 25.0. The number of hydrazone groups is 1. The Kier molecular flexibility index (Phi) is 9.84. The lowest BCUT2D eigenvalue weighted by atomic mass is 10.2. The van der Waals surface area contributed by atoms with E-state index in [1.54, 1.807) is 18.2 Å². The Labute approximate surface area is 229 Å². The van der Waals surface area contributed by atoms with E-state index in [1.807, 2.05) is 0 Å². The fourth-order valence-electron chi connectivity index (χ4n) is 2.87. The van der Waals surface area contributed by atoms with Crippen molar-refractivity contribution in [3.63, 3.8) is 0 Å². The number of nitrogens with zero attached hydrogens (tertiary/aromatic N) is 1. The van der Waals surface area contributed by atoms with Gasteiger partial charge in [-0.25, -0.2) is 9.82 Å². The largest absolute Gasteiger partial charge is 0.493 e. The van der Waals surface area contributed by atoms with E-state index in [4.69, 9.17) is 32.7 Å². The topological polar surface area (TPSA) is 118 Å². The highest BCUT2D eigenvalue weighted by molar-refractivity contribution is 9.10. The minimum absolute atomic E-state index is 0.138. The van der Waals surface area contributed by atoms with Gasteiger partial charge in [-0.15, -0.1) is 0 Å². The molecule has 3 amide bonds. The summed E-state index contributed by atoms with van der Waals surface area (Å²) in [5.74, 6) is -2.84. The standard InChI is InChI=1S/C24H18BrCl2FN4O5/c1-36-20-7-13(11-29-32-24(35)23(34)31-19-5-3-2-4-18(19)28)6-17(25)22(20)37-12-21(33)30-16-9-14(26)8-15(27)10-16/h2-11H,12H2,1H3,(H,30,33)(H,31,34)(H,32,35)/b29-11-. The number of methoxy groups -OCH3 is 1. The molecule has 3 rings (SSSR count). The molecule has 3 aromatic rings. The molecule has 3 N–H and O–H groups in total. The normalized spacial score (nSPS) is 10.6. The lowest BCUT2D eigenvalue weighted by Gasteiger charge is -2.13. The first-order valence-electron chi connectivity index (χ1n) is 10.3. The number of anilines is 2. The van der Waals surface area contributed by atoms with Crippen molar-refractivity contribution in [3.05, 3.63) is 80.5 Å². The van der Waals surface area contributed by atoms with Crippen molar-refractivity contribution >= 4 is 74.4 Å². The van der Waals surface area contributed by atoms with E-state index in [-0.39, 0.29) is 23.8 Å². The molecule has 0 saturated heterocycles. The Morgan fingerprint density at radius 3 is 2.41 bits per heavy atom. The number of ether oxygens (including phenoxy) is 2. The van der Waals surface area contributed by atoms with Gasteiger partial charge in [0.05, 0.1) is 23.5 Å². The van der Waals surface area contributed by atoms with Crippen molar-refractivity contribution < 1.29 is 28.2 Å². The first kappa shape index (κ1) is 27.9. The SMILES string of the molecule is COc1cc(/C=N\NC(=O)C(=O)Nc2ccccc2F)cc(Br)c1OCC(=O)Nc1cc(Cl)cc(Cl)c1. The van der Waals surface area contributed by atoms with E-state index in [9.17, 15) is 18.8 Å². The zero-order valence-corrected chi connectivity index (χ0v) is 22.1. The molecule has 0 aromatic heterocycles. The van der Waals surface area contributed by atoms with E-state index >= 15 is 0 Å². The second-order valence-electron chi connectivity index (χ2n) is 7.16. The van der Waals surface area contributed by atoms with Gasteiger partial charge in [0.1, 0.15) is 5.82 Å². The smallest absolute Gasteiger partial charge is 0.329 e. The molecular weight excluding hydrogens is 594 g/mol. The van der Waals surface area contributed by atoms with Crippen molar-refractivity contribution in [2.75, 3.05) is 24.4 Å². The average Bonchev–Trinajstić information content (AvgIpc) is 2.83. The molecule has 0 aliphatic rings. The van der Waals surface area contributed by atoms with Gasteiger partial charge in [-0.05, 0) is 64.0 Å². The summed E-state index contributed by atoms with van der Waals surface area (Å²) in [4.78, 5) is 36.2. The molecule has 192 valence electrons. The van der Waals surface area contributed by atoms with Gasteiger partial charge in [0.15, 0.2) is 18.1 Å². The lowest BCUT2D eigenvalue weighted by Crippen LogP contribution is -2.32. The number of halogens is 4. The van der Waals surface area contributed by atoms with E-state index in [1.165, 1.54) is 43.7 Å². The molecule has 3 aromatic carbocycles. The van der Waals surface area contributed by atoms with Crippen LogP contribution in [0.15, 0.2) is 64.2 Å². The Morgan fingerprint density at radius 2 is 1.73 bits per heavy atom. The van der Waals surface area contributed by atoms with Crippen LogP contribution in [0.5, 0.6) is 11.5 Å². The quantitative estimate of drug-likeness (QED) is 0.188. The van der Waals surface area contributed by atoms with Crippen molar-refractivity contribution in [2.24, 2.45) is 5.10 Å². The molecule has 37 heavy (non-hydrogen) atoms. The highest BCUT2D eigenvalue weighted by Crippen LogP contribution is 2.36. The minimum Gasteiger partial charge on any atom is -0.493 e. The molecule has 0 aliphatic carbocycles. The predicted octanol–water partition coefficient (Wildman–Crippen LogP) is 5.01. The van der Waals surface area contributed by atoms with E-state index in [0.717, 1.165) is 6.07 Å². The van der Waals surface area contributed by atoms with Gasteiger partial charge >= 0.3 is 11.8 Å². The van der Waals surface area contributed by atoms with Gasteiger partial charge < -0.3 is 20.1 Å². The molecule has 0 bridgehead atoms. The van der Waals surface area contributed by atoms with Crippen LogP contribution >= 0.6 is 39.1 Å². The van der Waals surface area contributed by atoms with E-state index < -0.39 is 23.5 Å². The first-order valence-corrected chi connectivity index (χ1v) is 11.9. The van der Waals surface area contributed by atoms with Crippen molar-refractivity contribution in [1.82, 2.24) is 5.43 Å². The molecule has 0 fully saturated rings. The number of hydrogen-bond donors (Lipinski definition) is 3. The second kappa shape index (κ2) is 13.0. The predicted molar refractivity (Wildman–Crippen MR) is 142 cm³/mol. The Balaban J connectivity index is 1.59. The maximum absolute atomic E-state index is 13.6. The summed E-state index contributed by atoms with van der Waals surface area (Å²) >= 11 is 15.2. The summed E-state index contributed by atoms with van der Waals surface area (Å²) in [5, 5.41) is 9.23. The summed E-state index contributed by atoms with van der Waals surface area (Å²) in [5.41, 5.74) is 2.78. The highest BCUT2D eigenvalue weighted by Gasteiger charge is 2.16. The number of amides is 3. The zero-order valence-electron chi connectivity index (χ0n) is 19.0. The van der Waals surface area contributed by atoms with E-state index in [2.05, 4.69) is 37.1 Å². The third-order valence-corrected chi connectivity index (χ3v) is 5.48. The van der Waals surface area contributed by atoms with Crippen LogP contribution in [-0.4, -0.2) is 37.7 Å². The van der Waals surface area contributed by atoms with Gasteiger partial charge in [0, 0.05) is 15.7 Å². The van der Waals surface area contributed by atoms with Crippen LogP contribution in [0.2, 0.25) is 10.0 Å². The second-order valence-corrected chi connectivity index (χ2v) is 8.89. The molecule has 0 saturated carbocycles. The summed E-state index contributed by atoms with van der Waals surface area (Å²) in [7, 11) is 1.40. The van der Waals surface area contributed by atoms with Crippen molar-refractivity contribution in [1.29, 1.82) is 0 Å². The lowest BCUT2D eigenvalue weighted by molar-refractivity contribution is -0.136. The molecule has 0 unspecified atom stereocenters. The third kappa shape index (κ3) is 8.17. The first-order chi connectivity index (χ1) is 17.7.